The molecule has 1 aromatic heterocycles. The molecule has 1 N–H and O–H groups in total. The van der Waals surface area contributed by atoms with E-state index in [1.54, 1.807) is 0 Å². The summed E-state index contributed by atoms with van der Waals surface area (Å²) < 4.78 is 127. The van der Waals surface area contributed by atoms with Gasteiger partial charge >= 0.3 is 18.4 Å². The molecule has 2 aromatic rings. The number of rotatable bonds is 6. The van der Waals surface area contributed by atoms with Crippen molar-refractivity contribution in [2.75, 3.05) is 6.54 Å². The molecule has 0 fully saturated rings. The van der Waals surface area contributed by atoms with Gasteiger partial charge in [-0.15, -0.1) is 10.2 Å². The normalized spacial score (nSPS) is 16.9. The molecule has 222 valence electrons. The number of hydrogen-bond donors (Lipinski definition) is 1. The van der Waals surface area contributed by atoms with Gasteiger partial charge in [0, 0.05) is 31.6 Å². The highest BCUT2D eigenvalue weighted by Crippen LogP contribution is 2.38. The van der Waals surface area contributed by atoms with Crippen LogP contribution in [-0.4, -0.2) is 56.0 Å². The molecule has 2 amide bonds. The van der Waals surface area contributed by atoms with Crippen LogP contribution < -0.4 is 5.32 Å². The third-order valence-corrected chi connectivity index (χ3v) is 5.71. The second-order valence-corrected chi connectivity index (χ2v) is 10.1. The highest BCUT2D eigenvalue weighted by molar-refractivity contribution is 5.78. The largest absolute Gasteiger partial charge is 0.451 e. The van der Waals surface area contributed by atoms with Crippen molar-refractivity contribution >= 4 is 12.0 Å². The van der Waals surface area contributed by atoms with E-state index < -0.39 is 109 Å². The highest BCUT2D eigenvalue weighted by Gasteiger charge is 2.46. The first-order valence-corrected chi connectivity index (χ1v) is 11.7. The zero-order valence-electron chi connectivity index (χ0n) is 21.3. The summed E-state index contributed by atoms with van der Waals surface area (Å²) in [6, 6.07) is -2.66. The molecule has 1 aliphatic heterocycles. The zero-order valence-corrected chi connectivity index (χ0v) is 21.3. The number of carbonyl (C=O) groups excluding carboxylic acids is 2. The van der Waals surface area contributed by atoms with E-state index in [-0.39, 0.29) is 6.07 Å². The summed E-state index contributed by atoms with van der Waals surface area (Å²) >= 11 is 0. The Morgan fingerprint density at radius 1 is 1.00 bits per heavy atom. The second-order valence-electron chi connectivity index (χ2n) is 10.1. The maximum atomic E-state index is 14.3. The first kappa shape index (κ1) is 31.0. The molecule has 1 aliphatic rings. The van der Waals surface area contributed by atoms with E-state index >= 15 is 0 Å². The fourth-order valence-electron chi connectivity index (χ4n) is 4.18. The molecule has 0 spiro atoms. The molecule has 2 atom stereocenters. The smallest absolute Gasteiger partial charge is 0.444 e. The van der Waals surface area contributed by atoms with E-state index in [4.69, 9.17) is 4.74 Å². The van der Waals surface area contributed by atoms with Gasteiger partial charge in [-0.2, -0.15) is 26.3 Å². The highest BCUT2D eigenvalue weighted by atomic mass is 19.4. The van der Waals surface area contributed by atoms with Crippen LogP contribution in [0.5, 0.6) is 0 Å². The summed E-state index contributed by atoms with van der Waals surface area (Å²) in [4.78, 5) is 26.3. The Balaban J connectivity index is 1.92. The molecule has 0 radical (unpaired) electrons. The quantitative estimate of drug-likeness (QED) is 0.375. The number of amides is 2. The number of ether oxygens (including phenoxy) is 1. The molecule has 1 aromatic carbocycles. The summed E-state index contributed by atoms with van der Waals surface area (Å²) in [7, 11) is 0. The number of alkyl carbamates (subject to hydrolysis) is 1. The molecule has 0 bridgehead atoms. The van der Waals surface area contributed by atoms with Crippen LogP contribution in [0.4, 0.5) is 44.3 Å². The third-order valence-electron chi connectivity index (χ3n) is 5.71. The maximum Gasteiger partial charge on any atom is 0.451 e. The summed E-state index contributed by atoms with van der Waals surface area (Å²) in [6.45, 7) is 3.32. The van der Waals surface area contributed by atoms with E-state index in [1.165, 1.54) is 20.8 Å². The van der Waals surface area contributed by atoms with Gasteiger partial charge in [-0.05, 0) is 38.8 Å². The van der Waals surface area contributed by atoms with Crippen LogP contribution in [0.15, 0.2) is 12.1 Å². The van der Waals surface area contributed by atoms with Gasteiger partial charge in [0.2, 0.25) is 11.7 Å². The van der Waals surface area contributed by atoms with Crippen LogP contribution in [0.3, 0.4) is 0 Å². The van der Waals surface area contributed by atoms with Gasteiger partial charge in [0.15, 0.2) is 17.5 Å². The Morgan fingerprint density at radius 2 is 1.62 bits per heavy atom. The Morgan fingerprint density at radius 3 is 2.20 bits per heavy atom. The number of benzene rings is 1. The fraction of sp³-hybridized carbons (Fsp3) is 0.565. The van der Waals surface area contributed by atoms with Gasteiger partial charge in [0.25, 0.3) is 0 Å². The number of nitrogens with zero attached hydrogens (tertiary/aromatic N) is 4. The molecule has 0 aliphatic carbocycles. The third kappa shape index (κ3) is 7.78. The molecule has 8 nitrogen and oxygen atoms in total. The van der Waals surface area contributed by atoms with E-state index in [2.05, 4.69) is 15.5 Å². The van der Waals surface area contributed by atoms with Gasteiger partial charge in [0.1, 0.15) is 17.5 Å². The number of nitrogens with one attached hydrogen (secondary N) is 1. The number of carbonyl (C=O) groups is 2. The van der Waals surface area contributed by atoms with E-state index in [1.807, 2.05) is 0 Å². The van der Waals surface area contributed by atoms with Crippen LogP contribution in [-0.2, 0) is 28.7 Å². The molecular formula is C23H24F9N5O3. The number of hydrogen-bond acceptors (Lipinski definition) is 5. The van der Waals surface area contributed by atoms with Gasteiger partial charge < -0.3 is 19.5 Å². The molecule has 17 heteroatoms. The summed E-state index contributed by atoms with van der Waals surface area (Å²) in [6.07, 6.45) is -14.2. The number of alkyl halides is 6. The van der Waals surface area contributed by atoms with Crippen molar-refractivity contribution in [1.29, 1.82) is 0 Å². The Kier molecular flexibility index (Phi) is 8.65. The van der Waals surface area contributed by atoms with Crippen molar-refractivity contribution in [1.82, 2.24) is 25.0 Å². The van der Waals surface area contributed by atoms with Crippen molar-refractivity contribution in [3.05, 3.63) is 46.8 Å². The SMILES string of the molecule is CC(C)(C)OC(=O)N[C@@H](CC(=O)N1CCn2c(nnc2C(F)(F)F)[C@H]1CC(F)(F)F)Cc1cc(F)c(F)cc1F. The van der Waals surface area contributed by atoms with E-state index in [9.17, 15) is 49.1 Å². The molecular weight excluding hydrogens is 565 g/mol. The average Bonchev–Trinajstić information content (AvgIpc) is 3.20. The molecule has 0 saturated heterocycles. The maximum absolute atomic E-state index is 14.3. The lowest BCUT2D eigenvalue weighted by Gasteiger charge is -2.37. The topological polar surface area (TPSA) is 89.4 Å². The molecule has 40 heavy (non-hydrogen) atoms. The first-order valence-electron chi connectivity index (χ1n) is 11.7. The van der Waals surface area contributed by atoms with Crippen molar-refractivity contribution in [2.45, 2.75) is 76.6 Å². The monoisotopic (exact) mass is 589 g/mol. The van der Waals surface area contributed by atoms with Crippen molar-refractivity contribution < 1.29 is 53.8 Å². The second kappa shape index (κ2) is 11.2. The predicted octanol–water partition coefficient (Wildman–Crippen LogP) is 5.08. The molecule has 2 heterocycles. The van der Waals surface area contributed by atoms with Gasteiger partial charge in [-0.1, -0.05) is 0 Å². The minimum Gasteiger partial charge on any atom is -0.444 e. The van der Waals surface area contributed by atoms with Gasteiger partial charge in [-0.3, -0.25) is 4.79 Å². The van der Waals surface area contributed by atoms with Crippen LogP contribution in [0.2, 0.25) is 0 Å². The Labute approximate surface area is 221 Å². The summed E-state index contributed by atoms with van der Waals surface area (Å²) in [5, 5.41) is 8.49. The minimum atomic E-state index is -5.02. The zero-order chi connectivity index (χ0) is 30.2. The first-order chi connectivity index (χ1) is 18.2. The lowest BCUT2D eigenvalue weighted by molar-refractivity contribution is -0.159. The van der Waals surface area contributed by atoms with Crippen LogP contribution in [0, 0.1) is 17.5 Å². The van der Waals surface area contributed by atoms with Crippen molar-refractivity contribution in [3.63, 3.8) is 0 Å². The predicted molar refractivity (Wildman–Crippen MR) is 118 cm³/mol. The molecule has 3 rings (SSSR count). The van der Waals surface area contributed by atoms with Gasteiger partial charge in [0.05, 0.1) is 6.42 Å². The van der Waals surface area contributed by atoms with Crippen LogP contribution >= 0.6 is 0 Å². The van der Waals surface area contributed by atoms with Crippen molar-refractivity contribution in [2.24, 2.45) is 0 Å². The average molecular weight is 589 g/mol. The number of aromatic nitrogens is 3. The number of halogens is 9. The fourth-order valence-corrected chi connectivity index (χ4v) is 4.18. The standard InChI is InChI=1S/C23H24F9N5O3/c1-21(2,3)40-20(39)33-12(6-11-7-14(25)15(26)9-13(11)24)8-17(38)36-4-5-37-18(16(36)10-22(27,28)29)34-35-19(37)23(30,31)32/h7,9,12,16H,4-6,8,10H2,1-3H3,(H,33,39)/t12-,16-/m1/s1. The van der Waals surface area contributed by atoms with Crippen LogP contribution in [0.1, 0.15) is 56.9 Å². The Hall–Kier alpha value is -3.53. The molecule has 0 saturated carbocycles. The van der Waals surface area contributed by atoms with Crippen LogP contribution in [0.25, 0.3) is 0 Å². The minimum absolute atomic E-state index is 0.242. The Bertz CT molecular complexity index is 1250. The van der Waals surface area contributed by atoms with Gasteiger partial charge in [-0.25, -0.2) is 18.0 Å². The lowest BCUT2D eigenvalue weighted by Crippen LogP contribution is -2.48. The lowest BCUT2D eigenvalue weighted by atomic mass is 10.0. The van der Waals surface area contributed by atoms with E-state index in [0.717, 1.165) is 0 Å². The summed E-state index contributed by atoms with van der Waals surface area (Å²) in [5.41, 5.74) is -1.50. The molecule has 0 unspecified atom stereocenters. The van der Waals surface area contributed by atoms with Crippen molar-refractivity contribution in [3.8, 4) is 0 Å². The summed E-state index contributed by atoms with van der Waals surface area (Å²) in [5.74, 6) is -7.49. The number of fused-ring (bicyclic) bond motifs is 1. The van der Waals surface area contributed by atoms with E-state index in [0.29, 0.717) is 15.5 Å².